The number of fused-ring (bicyclic) bond motifs is 1. The second-order valence-corrected chi connectivity index (χ2v) is 8.05. The molecule has 0 aliphatic rings. The Morgan fingerprint density at radius 2 is 2.04 bits per heavy atom. The largest absolute Gasteiger partial charge is 0.339 e. The Bertz CT molecular complexity index is 1180. The number of aromatic nitrogens is 2. The third-order valence-corrected chi connectivity index (χ3v) is 5.74. The van der Waals surface area contributed by atoms with Crippen LogP contribution >= 0.6 is 33.9 Å². The lowest BCUT2D eigenvalue weighted by Crippen LogP contribution is -1.97. The maximum atomic E-state index is 11.1. The first-order chi connectivity index (χ1) is 13.0. The Kier molecular flexibility index (Phi) is 4.75. The van der Waals surface area contributed by atoms with Gasteiger partial charge in [0.2, 0.25) is 0 Å². The van der Waals surface area contributed by atoms with Crippen LogP contribution in [0.15, 0.2) is 54.2 Å². The van der Waals surface area contributed by atoms with E-state index in [1.165, 1.54) is 23.7 Å². The molecule has 134 valence electrons. The van der Waals surface area contributed by atoms with Crippen molar-refractivity contribution in [2.75, 3.05) is 5.32 Å². The van der Waals surface area contributed by atoms with Crippen molar-refractivity contribution in [3.8, 4) is 11.1 Å². The van der Waals surface area contributed by atoms with Crippen molar-refractivity contribution in [2.24, 2.45) is 0 Å². The number of nitrogens with one attached hydrogen (secondary N) is 1. The first-order valence-corrected chi connectivity index (χ1v) is 9.99. The van der Waals surface area contributed by atoms with E-state index >= 15 is 0 Å². The lowest BCUT2D eigenvalue weighted by Gasteiger charge is -2.11. The van der Waals surface area contributed by atoms with Crippen molar-refractivity contribution in [3.05, 3.63) is 73.4 Å². The minimum Gasteiger partial charge on any atom is -0.339 e. The summed E-state index contributed by atoms with van der Waals surface area (Å²) in [5.41, 5.74) is 3.79. The van der Waals surface area contributed by atoms with Gasteiger partial charge in [-0.3, -0.25) is 10.1 Å². The SMILES string of the molecule is Cc1cc(I)ccc1Nc1ncnc2scc(-c3cccc([N+](=O)[O-])c3)c12. The highest BCUT2D eigenvalue weighted by molar-refractivity contribution is 14.1. The number of nitrogens with zero attached hydrogens (tertiary/aromatic N) is 3. The van der Waals surface area contributed by atoms with Crippen molar-refractivity contribution in [1.82, 2.24) is 9.97 Å². The minimum absolute atomic E-state index is 0.0617. The van der Waals surface area contributed by atoms with Crippen LogP contribution in [-0.4, -0.2) is 14.9 Å². The zero-order valence-electron chi connectivity index (χ0n) is 14.1. The Balaban J connectivity index is 1.85. The molecule has 0 saturated heterocycles. The van der Waals surface area contributed by atoms with Crippen molar-refractivity contribution in [2.45, 2.75) is 6.92 Å². The van der Waals surface area contributed by atoms with Crippen LogP contribution in [0, 0.1) is 20.6 Å². The molecule has 4 aromatic rings. The number of non-ortho nitro benzene ring substituents is 1. The van der Waals surface area contributed by atoms with Crippen LogP contribution in [-0.2, 0) is 0 Å². The Morgan fingerprint density at radius 1 is 1.19 bits per heavy atom. The normalized spacial score (nSPS) is 10.9. The Labute approximate surface area is 172 Å². The van der Waals surface area contributed by atoms with E-state index in [0.29, 0.717) is 5.82 Å². The molecule has 0 aliphatic heterocycles. The van der Waals surface area contributed by atoms with Crippen molar-refractivity contribution in [1.29, 1.82) is 0 Å². The predicted molar refractivity (Wildman–Crippen MR) is 117 cm³/mol. The van der Waals surface area contributed by atoms with Gasteiger partial charge in [-0.15, -0.1) is 11.3 Å². The van der Waals surface area contributed by atoms with Gasteiger partial charge in [-0.25, -0.2) is 9.97 Å². The topological polar surface area (TPSA) is 81.0 Å². The lowest BCUT2D eigenvalue weighted by molar-refractivity contribution is -0.384. The average Bonchev–Trinajstić information content (AvgIpc) is 3.09. The molecule has 1 N–H and O–H groups in total. The van der Waals surface area contributed by atoms with E-state index in [0.717, 1.165) is 36.2 Å². The molecule has 8 heteroatoms. The molecule has 0 fully saturated rings. The highest BCUT2D eigenvalue weighted by atomic mass is 127. The number of rotatable bonds is 4. The fraction of sp³-hybridized carbons (Fsp3) is 0.0526. The fourth-order valence-corrected chi connectivity index (χ4v) is 4.43. The molecule has 0 spiro atoms. The zero-order chi connectivity index (χ0) is 19.0. The van der Waals surface area contributed by atoms with Crippen LogP contribution in [0.3, 0.4) is 0 Å². The van der Waals surface area contributed by atoms with Crippen molar-refractivity contribution < 1.29 is 4.92 Å². The molecule has 0 amide bonds. The van der Waals surface area contributed by atoms with Gasteiger partial charge in [0.15, 0.2) is 0 Å². The number of nitro groups is 1. The molecule has 0 aliphatic carbocycles. The van der Waals surface area contributed by atoms with Crippen molar-refractivity contribution in [3.63, 3.8) is 0 Å². The molecule has 4 rings (SSSR count). The van der Waals surface area contributed by atoms with E-state index in [2.05, 4.69) is 43.9 Å². The standard InChI is InChI=1S/C19H13IN4O2S/c1-11-7-13(20)5-6-16(11)23-18-17-15(9-27-19(17)22-10-21-18)12-3-2-4-14(8-12)24(25)26/h2-10H,1H3,(H,21,22,23). The molecule has 0 radical (unpaired) electrons. The molecule has 2 aromatic heterocycles. The van der Waals surface area contributed by atoms with Gasteiger partial charge in [-0.05, 0) is 58.8 Å². The van der Waals surface area contributed by atoms with Crippen molar-refractivity contribution >= 4 is 61.3 Å². The summed E-state index contributed by atoms with van der Waals surface area (Å²) in [5.74, 6) is 0.687. The number of halogens is 1. The molecule has 2 heterocycles. The highest BCUT2D eigenvalue weighted by Crippen LogP contribution is 2.38. The summed E-state index contributed by atoms with van der Waals surface area (Å²) in [7, 11) is 0. The molecule has 6 nitrogen and oxygen atoms in total. The fourth-order valence-electron chi connectivity index (χ4n) is 2.86. The number of hydrogen-bond donors (Lipinski definition) is 1. The number of thiophene rings is 1. The average molecular weight is 488 g/mol. The van der Waals surface area contributed by atoms with E-state index in [4.69, 9.17) is 0 Å². The molecule has 0 bridgehead atoms. The third kappa shape index (κ3) is 3.50. The number of nitro benzene ring substituents is 1. The van der Waals surface area contributed by atoms with Gasteiger partial charge in [0, 0.05) is 32.3 Å². The number of aryl methyl sites for hydroxylation is 1. The number of anilines is 2. The van der Waals surface area contributed by atoms with E-state index in [1.807, 2.05) is 30.5 Å². The van der Waals surface area contributed by atoms with Gasteiger partial charge in [0.25, 0.3) is 5.69 Å². The van der Waals surface area contributed by atoms with Crippen LogP contribution < -0.4 is 5.32 Å². The van der Waals surface area contributed by atoms with Crippen LogP contribution in [0.25, 0.3) is 21.3 Å². The summed E-state index contributed by atoms with van der Waals surface area (Å²) in [6.45, 7) is 2.04. The molecule has 2 aromatic carbocycles. The Hall–Kier alpha value is -2.59. The van der Waals surface area contributed by atoms with E-state index in [1.54, 1.807) is 12.1 Å². The zero-order valence-corrected chi connectivity index (χ0v) is 17.1. The van der Waals surface area contributed by atoms with Crippen LogP contribution in [0.2, 0.25) is 0 Å². The first-order valence-electron chi connectivity index (χ1n) is 8.03. The first kappa shape index (κ1) is 17.8. The van der Waals surface area contributed by atoms with E-state index in [9.17, 15) is 10.1 Å². The Morgan fingerprint density at radius 3 is 2.81 bits per heavy atom. The summed E-state index contributed by atoms with van der Waals surface area (Å²) in [6.07, 6.45) is 1.53. The molecular weight excluding hydrogens is 475 g/mol. The maximum Gasteiger partial charge on any atom is 0.270 e. The quantitative estimate of drug-likeness (QED) is 0.219. The molecule has 27 heavy (non-hydrogen) atoms. The van der Waals surface area contributed by atoms with Gasteiger partial charge >= 0.3 is 0 Å². The van der Waals surface area contributed by atoms with E-state index in [-0.39, 0.29) is 10.6 Å². The predicted octanol–water partition coefficient (Wildman–Crippen LogP) is 5.92. The minimum atomic E-state index is -0.386. The summed E-state index contributed by atoms with van der Waals surface area (Å²) < 4.78 is 1.16. The molecule has 0 unspecified atom stereocenters. The van der Waals surface area contributed by atoms with Gasteiger partial charge in [-0.2, -0.15) is 0 Å². The van der Waals surface area contributed by atoms with Gasteiger partial charge in [0.1, 0.15) is 17.0 Å². The monoisotopic (exact) mass is 488 g/mol. The summed E-state index contributed by atoms with van der Waals surface area (Å²) in [4.78, 5) is 20.4. The lowest BCUT2D eigenvalue weighted by atomic mass is 10.1. The van der Waals surface area contributed by atoms with Gasteiger partial charge in [0.05, 0.1) is 10.3 Å². The second kappa shape index (κ2) is 7.20. The molecule has 0 atom stereocenters. The summed E-state index contributed by atoms with van der Waals surface area (Å²) in [5, 5.41) is 17.3. The molecular formula is C19H13IN4O2S. The van der Waals surface area contributed by atoms with Gasteiger partial charge in [-0.1, -0.05) is 12.1 Å². The van der Waals surface area contributed by atoms with Gasteiger partial charge < -0.3 is 5.32 Å². The summed E-state index contributed by atoms with van der Waals surface area (Å²) in [6, 6.07) is 12.8. The number of benzene rings is 2. The highest BCUT2D eigenvalue weighted by Gasteiger charge is 2.16. The van der Waals surface area contributed by atoms with Crippen LogP contribution in [0.5, 0.6) is 0 Å². The smallest absolute Gasteiger partial charge is 0.270 e. The maximum absolute atomic E-state index is 11.1. The second-order valence-electron chi connectivity index (χ2n) is 5.94. The third-order valence-electron chi connectivity index (χ3n) is 4.18. The number of hydrogen-bond acceptors (Lipinski definition) is 6. The van der Waals surface area contributed by atoms with Crippen LogP contribution in [0.4, 0.5) is 17.2 Å². The summed E-state index contributed by atoms with van der Waals surface area (Å²) >= 11 is 3.77. The molecule has 0 saturated carbocycles. The van der Waals surface area contributed by atoms with E-state index < -0.39 is 0 Å². The van der Waals surface area contributed by atoms with Crippen LogP contribution in [0.1, 0.15) is 5.56 Å².